The Kier molecular flexibility index (Phi) is 1.67. The largest absolute Gasteiger partial charge is 0.477 e. The van der Waals surface area contributed by atoms with Gasteiger partial charge in [0.05, 0.1) is 5.69 Å². The lowest BCUT2D eigenvalue weighted by molar-refractivity contribution is 0.0692. The van der Waals surface area contributed by atoms with Gasteiger partial charge in [0, 0.05) is 10.9 Å². The summed E-state index contributed by atoms with van der Waals surface area (Å²) in [6.07, 6.45) is 0. The summed E-state index contributed by atoms with van der Waals surface area (Å²) >= 11 is 0. The molecule has 14 heavy (non-hydrogen) atoms. The Balaban J connectivity index is 2.80. The molecular formula is C9H7FN2O2. The van der Waals surface area contributed by atoms with E-state index in [0.29, 0.717) is 10.9 Å². The van der Waals surface area contributed by atoms with Crippen molar-refractivity contribution in [1.82, 2.24) is 4.98 Å². The van der Waals surface area contributed by atoms with Crippen LogP contribution in [-0.4, -0.2) is 16.1 Å². The van der Waals surface area contributed by atoms with Gasteiger partial charge in [-0.3, -0.25) is 0 Å². The van der Waals surface area contributed by atoms with Gasteiger partial charge in [0.15, 0.2) is 0 Å². The fraction of sp³-hybridized carbons (Fsp3) is 0. The van der Waals surface area contributed by atoms with E-state index in [1.165, 1.54) is 18.2 Å². The van der Waals surface area contributed by atoms with Crippen LogP contribution in [0.3, 0.4) is 0 Å². The number of nitrogens with two attached hydrogens (primary N) is 1. The van der Waals surface area contributed by atoms with Crippen molar-refractivity contribution >= 4 is 22.6 Å². The third-order valence-electron chi connectivity index (χ3n) is 2.01. The Morgan fingerprint density at radius 1 is 1.50 bits per heavy atom. The highest BCUT2D eigenvalue weighted by Gasteiger charge is 2.14. The fourth-order valence-electron chi connectivity index (χ4n) is 1.35. The van der Waals surface area contributed by atoms with Crippen LogP contribution in [0.2, 0.25) is 0 Å². The molecule has 1 heterocycles. The predicted molar refractivity (Wildman–Crippen MR) is 49.6 cm³/mol. The summed E-state index contributed by atoms with van der Waals surface area (Å²) in [5.41, 5.74) is 6.00. The molecule has 0 fully saturated rings. The number of H-pyrrole nitrogens is 1. The average Bonchev–Trinajstić information content (AvgIpc) is 2.44. The number of aromatic nitrogens is 1. The van der Waals surface area contributed by atoms with Crippen LogP contribution < -0.4 is 5.73 Å². The van der Waals surface area contributed by atoms with Crippen LogP contribution in [0.25, 0.3) is 10.9 Å². The maximum atomic E-state index is 12.8. The number of nitrogens with one attached hydrogen (secondary N) is 1. The standard InChI is InChI=1S/C9H7FN2O2/c10-4-1-2-6-5(3-4)7(11)8(12-6)9(13)14/h1-3,12H,11H2,(H,13,14). The van der Waals surface area contributed by atoms with Gasteiger partial charge in [-0.2, -0.15) is 0 Å². The monoisotopic (exact) mass is 194 g/mol. The number of benzene rings is 1. The molecule has 0 saturated heterocycles. The number of rotatable bonds is 1. The summed E-state index contributed by atoms with van der Waals surface area (Å²) in [5, 5.41) is 9.12. The molecule has 2 aromatic rings. The van der Waals surface area contributed by atoms with Crippen molar-refractivity contribution in [1.29, 1.82) is 0 Å². The second-order valence-corrected chi connectivity index (χ2v) is 2.91. The van der Waals surface area contributed by atoms with Crippen LogP contribution in [-0.2, 0) is 0 Å². The van der Waals surface area contributed by atoms with Gasteiger partial charge in [0.25, 0.3) is 0 Å². The van der Waals surface area contributed by atoms with Gasteiger partial charge in [-0.15, -0.1) is 0 Å². The van der Waals surface area contributed by atoms with Crippen molar-refractivity contribution in [3.8, 4) is 0 Å². The van der Waals surface area contributed by atoms with Crippen LogP contribution in [0.5, 0.6) is 0 Å². The molecule has 0 spiro atoms. The highest BCUT2D eigenvalue weighted by Crippen LogP contribution is 2.25. The molecule has 0 aliphatic carbocycles. The summed E-state index contributed by atoms with van der Waals surface area (Å²) < 4.78 is 12.8. The van der Waals surface area contributed by atoms with E-state index >= 15 is 0 Å². The van der Waals surface area contributed by atoms with E-state index in [1.807, 2.05) is 0 Å². The number of hydrogen-bond acceptors (Lipinski definition) is 2. The number of anilines is 1. The van der Waals surface area contributed by atoms with E-state index in [4.69, 9.17) is 10.8 Å². The van der Waals surface area contributed by atoms with Crippen LogP contribution in [0.15, 0.2) is 18.2 Å². The first-order chi connectivity index (χ1) is 6.59. The zero-order valence-electron chi connectivity index (χ0n) is 7.04. The summed E-state index contributed by atoms with van der Waals surface area (Å²) in [7, 11) is 0. The van der Waals surface area contributed by atoms with Gasteiger partial charge in [-0.1, -0.05) is 0 Å². The van der Waals surface area contributed by atoms with Crippen LogP contribution >= 0.6 is 0 Å². The molecule has 4 N–H and O–H groups in total. The zero-order valence-corrected chi connectivity index (χ0v) is 7.04. The van der Waals surface area contributed by atoms with Gasteiger partial charge in [-0.05, 0) is 18.2 Å². The molecule has 72 valence electrons. The van der Waals surface area contributed by atoms with Gasteiger partial charge < -0.3 is 15.8 Å². The minimum absolute atomic E-state index is 0.0620. The lowest BCUT2D eigenvalue weighted by Crippen LogP contribution is -2.00. The Labute approximate surface area is 78.1 Å². The number of carboxylic acid groups (broad SMARTS) is 1. The van der Waals surface area contributed by atoms with E-state index in [0.717, 1.165) is 0 Å². The van der Waals surface area contributed by atoms with E-state index in [9.17, 15) is 9.18 Å². The Hall–Kier alpha value is -2.04. The second-order valence-electron chi connectivity index (χ2n) is 2.91. The molecule has 4 nitrogen and oxygen atoms in total. The fourth-order valence-corrected chi connectivity index (χ4v) is 1.35. The molecule has 0 atom stereocenters. The van der Waals surface area contributed by atoms with Crippen molar-refractivity contribution in [2.75, 3.05) is 5.73 Å². The van der Waals surface area contributed by atoms with Crippen molar-refractivity contribution in [3.05, 3.63) is 29.7 Å². The highest BCUT2D eigenvalue weighted by molar-refractivity contribution is 6.04. The molecule has 2 rings (SSSR count). The highest BCUT2D eigenvalue weighted by atomic mass is 19.1. The number of aromatic amines is 1. The molecule has 0 aliphatic heterocycles. The van der Waals surface area contributed by atoms with Gasteiger partial charge >= 0.3 is 5.97 Å². The quantitative estimate of drug-likeness (QED) is 0.644. The molecule has 0 aliphatic rings. The summed E-state index contributed by atoms with van der Waals surface area (Å²) in [6, 6.07) is 3.89. The molecule has 0 saturated carbocycles. The van der Waals surface area contributed by atoms with Crippen molar-refractivity contribution in [3.63, 3.8) is 0 Å². The minimum atomic E-state index is -1.15. The van der Waals surface area contributed by atoms with Gasteiger partial charge in [0.1, 0.15) is 11.5 Å². The van der Waals surface area contributed by atoms with Crippen LogP contribution in [0.4, 0.5) is 10.1 Å². The van der Waals surface area contributed by atoms with Gasteiger partial charge in [0.2, 0.25) is 0 Å². The lowest BCUT2D eigenvalue weighted by atomic mass is 10.2. The molecule has 5 heteroatoms. The molecular weight excluding hydrogens is 187 g/mol. The van der Waals surface area contributed by atoms with E-state index < -0.39 is 11.8 Å². The number of hydrogen-bond donors (Lipinski definition) is 3. The van der Waals surface area contributed by atoms with Crippen LogP contribution in [0.1, 0.15) is 10.5 Å². The molecule has 0 unspecified atom stereocenters. The van der Waals surface area contributed by atoms with Crippen molar-refractivity contribution in [2.24, 2.45) is 0 Å². The van der Waals surface area contributed by atoms with Gasteiger partial charge in [-0.25, -0.2) is 9.18 Å². The Morgan fingerprint density at radius 2 is 2.21 bits per heavy atom. The summed E-state index contributed by atoms with van der Waals surface area (Å²) in [5.74, 6) is -1.60. The van der Waals surface area contributed by atoms with Crippen molar-refractivity contribution < 1.29 is 14.3 Å². The maximum absolute atomic E-state index is 12.8. The number of fused-ring (bicyclic) bond motifs is 1. The molecule has 0 amide bonds. The second kappa shape index (κ2) is 2.73. The first kappa shape index (κ1) is 8.55. The SMILES string of the molecule is Nc1c(C(=O)O)[nH]c2ccc(F)cc12. The normalized spacial score (nSPS) is 10.6. The smallest absolute Gasteiger partial charge is 0.354 e. The molecule has 0 bridgehead atoms. The zero-order chi connectivity index (χ0) is 10.3. The summed E-state index contributed by atoms with van der Waals surface area (Å²) in [4.78, 5) is 13.3. The molecule has 0 radical (unpaired) electrons. The third kappa shape index (κ3) is 1.10. The Bertz CT molecular complexity index is 519. The van der Waals surface area contributed by atoms with E-state index in [1.54, 1.807) is 0 Å². The first-order valence-electron chi connectivity index (χ1n) is 3.89. The van der Waals surface area contributed by atoms with Crippen molar-refractivity contribution in [2.45, 2.75) is 0 Å². The first-order valence-corrected chi connectivity index (χ1v) is 3.89. The average molecular weight is 194 g/mol. The van der Waals surface area contributed by atoms with E-state index in [2.05, 4.69) is 4.98 Å². The Morgan fingerprint density at radius 3 is 2.86 bits per heavy atom. The predicted octanol–water partition coefficient (Wildman–Crippen LogP) is 1.59. The molecule has 1 aromatic carbocycles. The van der Waals surface area contributed by atoms with Crippen LogP contribution in [0, 0.1) is 5.82 Å². The number of carbonyl (C=O) groups is 1. The number of aromatic carboxylic acids is 1. The lowest BCUT2D eigenvalue weighted by Gasteiger charge is -1.91. The topological polar surface area (TPSA) is 79.1 Å². The minimum Gasteiger partial charge on any atom is -0.477 e. The number of nitrogen functional groups attached to an aromatic ring is 1. The van der Waals surface area contributed by atoms with E-state index in [-0.39, 0.29) is 11.4 Å². The maximum Gasteiger partial charge on any atom is 0.354 e. The number of halogens is 1. The number of carboxylic acids is 1. The molecule has 1 aromatic heterocycles. The third-order valence-corrected chi connectivity index (χ3v) is 2.01. The summed E-state index contributed by atoms with van der Waals surface area (Å²) in [6.45, 7) is 0.